The summed E-state index contributed by atoms with van der Waals surface area (Å²) in [7, 11) is 0. The molecule has 0 spiro atoms. The molecule has 3 unspecified atom stereocenters. The molecule has 1 aliphatic rings. The first-order valence-electron chi connectivity index (χ1n) is 6.97. The number of ketones is 1. The van der Waals surface area contributed by atoms with Crippen LogP contribution in [0.1, 0.15) is 42.1 Å². The summed E-state index contributed by atoms with van der Waals surface area (Å²) in [6, 6.07) is 4.23. The Morgan fingerprint density at radius 3 is 2.50 bits per heavy atom. The fraction of sp³-hybridized carbons (Fsp3) is 0.500. The van der Waals surface area contributed by atoms with Crippen LogP contribution in [-0.4, -0.2) is 16.9 Å². The molecular formula is C16H19FO3. The van der Waals surface area contributed by atoms with Crippen molar-refractivity contribution in [1.29, 1.82) is 0 Å². The minimum atomic E-state index is -0.905. The van der Waals surface area contributed by atoms with Gasteiger partial charge < -0.3 is 5.11 Å². The Hall–Kier alpha value is -1.71. The summed E-state index contributed by atoms with van der Waals surface area (Å²) in [5, 5.41) is 9.28. The zero-order valence-electron chi connectivity index (χ0n) is 11.7. The predicted octanol–water partition coefficient (Wildman–Crippen LogP) is 3.45. The first kappa shape index (κ1) is 14.7. The molecule has 108 valence electrons. The van der Waals surface area contributed by atoms with Gasteiger partial charge in [0.05, 0.1) is 5.92 Å². The number of carbonyl (C=O) groups excluding carboxylic acids is 1. The number of hydrogen-bond acceptors (Lipinski definition) is 2. The highest BCUT2D eigenvalue weighted by Crippen LogP contribution is 2.40. The zero-order valence-corrected chi connectivity index (χ0v) is 11.7. The van der Waals surface area contributed by atoms with Gasteiger partial charge in [0.25, 0.3) is 0 Å². The molecule has 1 aliphatic carbocycles. The molecule has 3 nitrogen and oxygen atoms in total. The largest absolute Gasteiger partial charge is 0.481 e. The van der Waals surface area contributed by atoms with E-state index in [1.54, 1.807) is 6.92 Å². The van der Waals surface area contributed by atoms with Gasteiger partial charge in [0, 0.05) is 11.5 Å². The van der Waals surface area contributed by atoms with E-state index >= 15 is 0 Å². The highest BCUT2D eigenvalue weighted by atomic mass is 19.1. The lowest BCUT2D eigenvalue weighted by Crippen LogP contribution is -2.25. The topological polar surface area (TPSA) is 54.4 Å². The van der Waals surface area contributed by atoms with Gasteiger partial charge in [-0.05, 0) is 49.4 Å². The zero-order chi connectivity index (χ0) is 14.9. The van der Waals surface area contributed by atoms with Crippen molar-refractivity contribution in [2.24, 2.45) is 17.8 Å². The van der Waals surface area contributed by atoms with E-state index in [2.05, 4.69) is 0 Å². The van der Waals surface area contributed by atoms with E-state index < -0.39 is 17.8 Å². The molecule has 0 saturated heterocycles. The standard InChI is InChI=1S/C16H19FO3/c1-3-10-7-12(13(8-10)16(19)20)15(18)11-4-5-14(17)9(2)6-11/h4-6,10,12-13H,3,7-8H2,1-2H3,(H,19,20). The first-order chi connectivity index (χ1) is 9.43. The summed E-state index contributed by atoms with van der Waals surface area (Å²) >= 11 is 0. The predicted molar refractivity (Wildman–Crippen MR) is 73.1 cm³/mol. The third-order valence-corrected chi connectivity index (χ3v) is 4.33. The van der Waals surface area contributed by atoms with E-state index in [-0.39, 0.29) is 17.5 Å². The summed E-state index contributed by atoms with van der Waals surface area (Å²) in [5.41, 5.74) is 0.824. The van der Waals surface area contributed by atoms with Gasteiger partial charge in [-0.15, -0.1) is 0 Å². The lowest BCUT2D eigenvalue weighted by Gasteiger charge is -2.14. The third kappa shape index (κ3) is 2.74. The Balaban J connectivity index is 2.26. The summed E-state index contributed by atoms with van der Waals surface area (Å²) in [6.45, 7) is 3.61. The van der Waals surface area contributed by atoms with Gasteiger partial charge in [-0.1, -0.05) is 13.3 Å². The molecule has 20 heavy (non-hydrogen) atoms. The number of carboxylic acid groups (broad SMARTS) is 1. The van der Waals surface area contributed by atoms with E-state index in [9.17, 15) is 19.1 Å². The number of Topliss-reactive ketones (excluding diaryl/α,β-unsaturated/α-hetero) is 1. The second-order valence-electron chi connectivity index (χ2n) is 5.63. The second kappa shape index (κ2) is 5.73. The minimum Gasteiger partial charge on any atom is -0.481 e. The van der Waals surface area contributed by atoms with Crippen LogP contribution in [0.3, 0.4) is 0 Å². The van der Waals surface area contributed by atoms with Gasteiger partial charge >= 0.3 is 5.97 Å². The summed E-state index contributed by atoms with van der Waals surface area (Å²) in [6.07, 6.45) is 2.06. The maximum absolute atomic E-state index is 13.3. The summed E-state index contributed by atoms with van der Waals surface area (Å²) in [4.78, 5) is 23.8. The maximum atomic E-state index is 13.3. The van der Waals surface area contributed by atoms with Crippen LogP contribution >= 0.6 is 0 Å². The third-order valence-electron chi connectivity index (χ3n) is 4.33. The molecule has 4 heteroatoms. The number of rotatable bonds is 4. The van der Waals surface area contributed by atoms with Crippen molar-refractivity contribution in [1.82, 2.24) is 0 Å². The summed E-state index contributed by atoms with van der Waals surface area (Å²) < 4.78 is 13.3. The van der Waals surface area contributed by atoms with Crippen molar-refractivity contribution in [3.8, 4) is 0 Å². The molecule has 0 amide bonds. The van der Waals surface area contributed by atoms with Crippen LogP contribution < -0.4 is 0 Å². The molecule has 0 bridgehead atoms. The van der Waals surface area contributed by atoms with E-state index in [1.807, 2.05) is 6.92 Å². The number of halogens is 1. The van der Waals surface area contributed by atoms with Crippen molar-refractivity contribution >= 4 is 11.8 Å². The summed E-state index contributed by atoms with van der Waals surface area (Å²) in [5.74, 6) is -2.24. The van der Waals surface area contributed by atoms with Crippen LogP contribution in [0, 0.1) is 30.5 Å². The highest BCUT2D eigenvalue weighted by Gasteiger charge is 2.42. The molecule has 2 rings (SSSR count). The SMILES string of the molecule is CCC1CC(C(=O)O)C(C(=O)c2ccc(F)c(C)c2)C1. The monoisotopic (exact) mass is 278 g/mol. The fourth-order valence-corrected chi connectivity index (χ4v) is 3.05. The Morgan fingerprint density at radius 2 is 1.95 bits per heavy atom. The van der Waals surface area contributed by atoms with E-state index in [0.29, 0.717) is 24.0 Å². The number of hydrogen-bond donors (Lipinski definition) is 1. The molecule has 1 N–H and O–H groups in total. The average Bonchev–Trinajstić information content (AvgIpc) is 2.85. The van der Waals surface area contributed by atoms with Crippen LogP contribution in [0.25, 0.3) is 0 Å². The van der Waals surface area contributed by atoms with Crippen LogP contribution in [0.5, 0.6) is 0 Å². The molecule has 1 saturated carbocycles. The van der Waals surface area contributed by atoms with Crippen molar-refractivity contribution in [3.63, 3.8) is 0 Å². The number of aliphatic carboxylic acids is 1. The minimum absolute atomic E-state index is 0.170. The van der Waals surface area contributed by atoms with Crippen LogP contribution in [-0.2, 0) is 4.79 Å². The molecule has 0 heterocycles. The molecule has 1 aromatic carbocycles. The van der Waals surface area contributed by atoms with E-state index in [0.717, 1.165) is 6.42 Å². The van der Waals surface area contributed by atoms with Crippen molar-refractivity contribution in [2.75, 3.05) is 0 Å². The van der Waals surface area contributed by atoms with E-state index in [4.69, 9.17) is 0 Å². The fourth-order valence-electron chi connectivity index (χ4n) is 3.05. The molecule has 1 aromatic rings. The van der Waals surface area contributed by atoms with Crippen molar-refractivity contribution < 1.29 is 19.1 Å². The Kier molecular flexibility index (Phi) is 4.21. The number of benzene rings is 1. The molecular weight excluding hydrogens is 259 g/mol. The Bertz CT molecular complexity index is 539. The molecule has 1 fully saturated rings. The number of carboxylic acids is 1. The Morgan fingerprint density at radius 1 is 1.30 bits per heavy atom. The molecule has 0 aliphatic heterocycles. The molecule has 3 atom stereocenters. The average molecular weight is 278 g/mol. The number of carbonyl (C=O) groups is 2. The van der Waals surface area contributed by atoms with Gasteiger partial charge in [0.2, 0.25) is 0 Å². The van der Waals surface area contributed by atoms with Gasteiger partial charge in [-0.25, -0.2) is 4.39 Å². The van der Waals surface area contributed by atoms with Crippen LogP contribution in [0.15, 0.2) is 18.2 Å². The highest BCUT2D eigenvalue weighted by molar-refractivity contribution is 6.00. The Labute approximate surface area is 117 Å². The lowest BCUT2D eigenvalue weighted by atomic mass is 9.88. The second-order valence-corrected chi connectivity index (χ2v) is 5.63. The van der Waals surface area contributed by atoms with Crippen LogP contribution in [0.4, 0.5) is 4.39 Å². The first-order valence-corrected chi connectivity index (χ1v) is 6.97. The maximum Gasteiger partial charge on any atom is 0.307 e. The molecule has 0 radical (unpaired) electrons. The van der Waals surface area contributed by atoms with Gasteiger partial charge in [-0.2, -0.15) is 0 Å². The van der Waals surface area contributed by atoms with Crippen molar-refractivity contribution in [2.45, 2.75) is 33.1 Å². The van der Waals surface area contributed by atoms with Gasteiger partial charge in [0.1, 0.15) is 5.82 Å². The van der Waals surface area contributed by atoms with E-state index in [1.165, 1.54) is 18.2 Å². The van der Waals surface area contributed by atoms with Gasteiger partial charge in [0.15, 0.2) is 5.78 Å². The smallest absolute Gasteiger partial charge is 0.307 e. The quantitative estimate of drug-likeness (QED) is 0.858. The van der Waals surface area contributed by atoms with Crippen molar-refractivity contribution in [3.05, 3.63) is 35.1 Å². The number of aryl methyl sites for hydroxylation is 1. The van der Waals surface area contributed by atoms with Gasteiger partial charge in [-0.3, -0.25) is 9.59 Å². The normalized spacial score (nSPS) is 25.6. The van der Waals surface area contributed by atoms with Crippen LogP contribution in [0.2, 0.25) is 0 Å². The molecule has 0 aromatic heterocycles. The lowest BCUT2D eigenvalue weighted by molar-refractivity contribution is -0.142.